The molecule has 0 saturated carbocycles. The minimum atomic E-state index is -2.32. The first kappa shape index (κ1) is 9.57. The number of nitrogens with two attached hydrogens (primary N) is 1. The van der Waals surface area contributed by atoms with Crippen LogP contribution in [0.3, 0.4) is 0 Å². The van der Waals surface area contributed by atoms with Gasteiger partial charge in [0.25, 0.3) is 5.91 Å². The van der Waals surface area contributed by atoms with Gasteiger partial charge in [0.2, 0.25) is 6.17 Å². The van der Waals surface area contributed by atoms with Gasteiger partial charge >= 0.3 is 0 Å². The van der Waals surface area contributed by atoms with Crippen molar-refractivity contribution in [3.8, 4) is 0 Å². The number of aromatic nitrogens is 1. The highest BCUT2D eigenvalue weighted by Crippen LogP contribution is 2.22. The van der Waals surface area contributed by atoms with Crippen LogP contribution in [0.4, 0.5) is 8.78 Å². The van der Waals surface area contributed by atoms with Gasteiger partial charge in [-0.2, -0.15) is 0 Å². The minimum absolute atomic E-state index is 0.00815. The van der Waals surface area contributed by atoms with Gasteiger partial charge in [0, 0.05) is 18.0 Å². The van der Waals surface area contributed by atoms with Crippen LogP contribution >= 0.6 is 0 Å². The van der Waals surface area contributed by atoms with E-state index in [0.717, 1.165) is 6.20 Å². The van der Waals surface area contributed by atoms with Crippen LogP contribution in [-0.2, 0) is 4.79 Å². The monoisotopic (exact) mass is 186 g/mol. The SMILES string of the molecule is NC(=O)C(F)C(F)c1cccnc1. The lowest BCUT2D eigenvalue weighted by Crippen LogP contribution is -2.28. The van der Waals surface area contributed by atoms with E-state index in [9.17, 15) is 13.6 Å². The molecule has 0 aliphatic rings. The number of pyridine rings is 1. The van der Waals surface area contributed by atoms with Gasteiger partial charge in [-0.15, -0.1) is 0 Å². The first-order valence-corrected chi connectivity index (χ1v) is 3.60. The van der Waals surface area contributed by atoms with E-state index in [0.29, 0.717) is 0 Å². The van der Waals surface area contributed by atoms with E-state index in [-0.39, 0.29) is 5.56 Å². The second kappa shape index (κ2) is 3.93. The number of nitrogens with zero attached hydrogens (tertiary/aromatic N) is 1. The van der Waals surface area contributed by atoms with Crippen LogP contribution in [-0.4, -0.2) is 17.1 Å². The maximum atomic E-state index is 13.1. The van der Waals surface area contributed by atoms with Crippen molar-refractivity contribution in [1.82, 2.24) is 4.98 Å². The summed E-state index contributed by atoms with van der Waals surface area (Å²) < 4.78 is 25.8. The van der Waals surface area contributed by atoms with Crippen LogP contribution in [0.1, 0.15) is 11.7 Å². The minimum Gasteiger partial charge on any atom is -0.367 e. The predicted octanol–water partition coefficient (Wildman–Crippen LogP) is 0.916. The maximum absolute atomic E-state index is 13.1. The number of amides is 1. The number of halogens is 2. The van der Waals surface area contributed by atoms with Crippen LogP contribution in [0, 0.1) is 0 Å². The first-order chi connectivity index (χ1) is 6.13. The molecule has 1 aromatic rings. The van der Waals surface area contributed by atoms with Gasteiger partial charge in [-0.25, -0.2) is 8.78 Å². The van der Waals surface area contributed by atoms with Gasteiger partial charge in [0.1, 0.15) is 0 Å². The molecule has 0 bridgehead atoms. The second-order valence-electron chi connectivity index (χ2n) is 2.49. The van der Waals surface area contributed by atoms with Crippen molar-refractivity contribution in [1.29, 1.82) is 0 Å². The molecule has 1 heterocycles. The summed E-state index contributed by atoms with van der Waals surface area (Å²) in [5.41, 5.74) is 4.61. The third-order valence-electron chi connectivity index (χ3n) is 1.53. The molecule has 0 aliphatic heterocycles. The molecule has 0 aliphatic carbocycles. The fourth-order valence-corrected chi connectivity index (χ4v) is 0.852. The van der Waals surface area contributed by atoms with E-state index in [1.165, 1.54) is 18.3 Å². The summed E-state index contributed by atoms with van der Waals surface area (Å²) in [5, 5.41) is 0. The number of primary amides is 1. The van der Waals surface area contributed by atoms with Gasteiger partial charge in [-0.1, -0.05) is 6.07 Å². The zero-order chi connectivity index (χ0) is 9.84. The first-order valence-electron chi connectivity index (χ1n) is 3.60. The fraction of sp³-hybridized carbons (Fsp3) is 0.250. The molecule has 0 spiro atoms. The summed E-state index contributed by atoms with van der Waals surface area (Å²) in [6.45, 7) is 0. The van der Waals surface area contributed by atoms with Crippen LogP contribution in [0.2, 0.25) is 0 Å². The summed E-state index contributed by atoms with van der Waals surface area (Å²) in [5.74, 6) is -1.31. The van der Waals surface area contributed by atoms with E-state index in [1.807, 2.05) is 0 Å². The highest BCUT2D eigenvalue weighted by molar-refractivity contribution is 5.79. The summed E-state index contributed by atoms with van der Waals surface area (Å²) in [7, 11) is 0. The summed E-state index contributed by atoms with van der Waals surface area (Å²) in [6, 6.07) is 2.79. The Bertz CT molecular complexity index is 291. The van der Waals surface area contributed by atoms with Crippen LogP contribution in [0.5, 0.6) is 0 Å². The van der Waals surface area contributed by atoms with E-state index in [1.54, 1.807) is 0 Å². The molecule has 70 valence electrons. The number of carbonyl (C=O) groups is 1. The molecule has 0 fully saturated rings. The highest BCUT2D eigenvalue weighted by Gasteiger charge is 2.27. The standard InChI is InChI=1S/C8H8F2N2O/c9-6(7(10)8(11)13)5-2-1-3-12-4-5/h1-4,6-7H,(H2,11,13). The third-order valence-corrected chi connectivity index (χ3v) is 1.53. The molecule has 5 heteroatoms. The molecule has 3 nitrogen and oxygen atoms in total. The van der Waals surface area contributed by atoms with Crippen molar-refractivity contribution in [2.75, 3.05) is 0 Å². The molecule has 2 unspecified atom stereocenters. The smallest absolute Gasteiger partial charge is 0.255 e. The number of carbonyl (C=O) groups excluding carboxylic acids is 1. The van der Waals surface area contributed by atoms with Crippen molar-refractivity contribution in [3.05, 3.63) is 30.1 Å². The summed E-state index contributed by atoms with van der Waals surface area (Å²) >= 11 is 0. The number of alkyl halides is 2. The molecule has 2 N–H and O–H groups in total. The second-order valence-corrected chi connectivity index (χ2v) is 2.49. The zero-order valence-electron chi connectivity index (χ0n) is 6.65. The van der Waals surface area contributed by atoms with Gasteiger partial charge in [-0.05, 0) is 6.07 Å². The molecule has 2 atom stereocenters. The van der Waals surface area contributed by atoms with Crippen molar-refractivity contribution >= 4 is 5.91 Å². The van der Waals surface area contributed by atoms with Crippen LogP contribution < -0.4 is 5.73 Å². The van der Waals surface area contributed by atoms with Crippen LogP contribution in [0.15, 0.2) is 24.5 Å². The molecular weight excluding hydrogens is 178 g/mol. The Morgan fingerprint density at radius 1 is 1.54 bits per heavy atom. The number of hydrogen-bond donors (Lipinski definition) is 1. The Morgan fingerprint density at radius 2 is 2.23 bits per heavy atom. The van der Waals surface area contributed by atoms with Crippen molar-refractivity contribution in [2.24, 2.45) is 5.73 Å². The average molecular weight is 186 g/mol. The Labute approximate surface area is 73.6 Å². The number of rotatable bonds is 3. The van der Waals surface area contributed by atoms with Crippen molar-refractivity contribution in [2.45, 2.75) is 12.3 Å². The molecule has 1 amide bonds. The van der Waals surface area contributed by atoms with E-state index >= 15 is 0 Å². The van der Waals surface area contributed by atoms with Crippen LogP contribution in [0.25, 0.3) is 0 Å². The lowest BCUT2D eigenvalue weighted by Gasteiger charge is -2.09. The van der Waals surface area contributed by atoms with E-state index in [2.05, 4.69) is 10.7 Å². The quantitative estimate of drug-likeness (QED) is 0.762. The average Bonchev–Trinajstić information content (AvgIpc) is 2.17. The molecular formula is C8H8F2N2O. The highest BCUT2D eigenvalue weighted by atomic mass is 19.2. The third kappa shape index (κ3) is 2.21. The number of hydrogen-bond acceptors (Lipinski definition) is 2. The Morgan fingerprint density at radius 3 is 2.69 bits per heavy atom. The van der Waals surface area contributed by atoms with Gasteiger partial charge in [0.05, 0.1) is 0 Å². The Balaban J connectivity index is 2.79. The topological polar surface area (TPSA) is 56.0 Å². The Hall–Kier alpha value is -1.52. The lowest BCUT2D eigenvalue weighted by atomic mass is 10.1. The van der Waals surface area contributed by atoms with Gasteiger partial charge in [-0.3, -0.25) is 9.78 Å². The lowest BCUT2D eigenvalue weighted by molar-refractivity contribution is -0.125. The normalized spacial score (nSPS) is 14.9. The molecule has 1 rings (SSSR count). The van der Waals surface area contributed by atoms with Crippen molar-refractivity contribution < 1.29 is 13.6 Å². The molecule has 0 aromatic carbocycles. The van der Waals surface area contributed by atoms with Gasteiger partial charge < -0.3 is 5.73 Å². The summed E-state index contributed by atoms with van der Waals surface area (Å²) in [4.78, 5) is 13.9. The molecule has 0 saturated heterocycles. The largest absolute Gasteiger partial charge is 0.367 e. The summed E-state index contributed by atoms with van der Waals surface area (Å²) in [6.07, 6.45) is -1.77. The maximum Gasteiger partial charge on any atom is 0.255 e. The fourth-order valence-electron chi connectivity index (χ4n) is 0.852. The Kier molecular flexibility index (Phi) is 2.89. The molecule has 1 aromatic heterocycles. The molecule has 13 heavy (non-hydrogen) atoms. The van der Waals surface area contributed by atoms with E-state index < -0.39 is 18.3 Å². The zero-order valence-corrected chi connectivity index (χ0v) is 6.65. The van der Waals surface area contributed by atoms with Gasteiger partial charge in [0.15, 0.2) is 6.17 Å². The predicted molar refractivity (Wildman–Crippen MR) is 42.2 cm³/mol. The molecule has 0 radical (unpaired) electrons. The van der Waals surface area contributed by atoms with E-state index in [4.69, 9.17) is 0 Å². The van der Waals surface area contributed by atoms with Crippen molar-refractivity contribution in [3.63, 3.8) is 0 Å².